The van der Waals surface area contributed by atoms with Crippen LogP contribution in [0.2, 0.25) is 0 Å². The molecule has 0 saturated carbocycles. The Morgan fingerprint density at radius 3 is 2.52 bits per heavy atom. The lowest BCUT2D eigenvalue weighted by molar-refractivity contribution is 0.0959. The van der Waals surface area contributed by atoms with E-state index in [2.05, 4.69) is 53.6 Å². The molecule has 0 aliphatic heterocycles. The van der Waals surface area contributed by atoms with Crippen molar-refractivity contribution >= 4 is 38.2 Å². The molecule has 0 radical (unpaired) electrons. The highest BCUT2D eigenvalue weighted by molar-refractivity contribution is 7.22. The van der Waals surface area contributed by atoms with Crippen molar-refractivity contribution in [2.75, 3.05) is 6.54 Å². The van der Waals surface area contributed by atoms with Gasteiger partial charge in [-0.3, -0.25) is 9.78 Å². The van der Waals surface area contributed by atoms with Crippen LogP contribution in [0.1, 0.15) is 27.7 Å². The molecule has 1 N–H and O–H groups in total. The van der Waals surface area contributed by atoms with Gasteiger partial charge in [-0.15, -0.1) is 11.3 Å². The minimum Gasteiger partial charge on any atom is -0.351 e. The van der Waals surface area contributed by atoms with Gasteiger partial charge in [-0.25, -0.2) is 4.39 Å². The van der Waals surface area contributed by atoms with Crippen molar-refractivity contribution in [3.63, 3.8) is 0 Å². The van der Waals surface area contributed by atoms with E-state index in [-0.39, 0.29) is 11.7 Å². The lowest BCUT2D eigenvalue weighted by Gasteiger charge is -2.08. The molecule has 0 aliphatic carbocycles. The van der Waals surface area contributed by atoms with Gasteiger partial charge in [-0.1, -0.05) is 61.5 Å². The molecule has 5 aromatic rings. The first kappa shape index (κ1) is 21.3. The largest absolute Gasteiger partial charge is 0.351 e. The third-order valence-electron chi connectivity index (χ3n) is 5.88. The molecule has 5 rings (SSSR count). The number of nitrogens with one attached hydrogen (secondary N) is 1. The number of benzene rings is 3. The summed E-state index contributed by atoms with van der Waals surface area (Å²) < 4.78 is 14.9. The molecule has 3 aromatic carbocycles. The second-order valence-electron chi connectivity index (χ2n) is 8.01. The quantitative estimate of drug-likeness (QED) is 0.307. The van der Waals surface area contributed by atoms with Gasteiger partial charge in [0.2, 0.25) is 0 Å². The first-order valence-electron chi connectivity index (χ1n) is 11.1. The van der Waals surface area contributed by atoms with Crippen LogP contribution in [0.15, 0.2) is 79.0 Å². The lowest BCUT2D eigenvalue weighted by atomic mass is 9.99. The maximum Gasteiger partial charge on any atom is 0.262 e. The summed E-state index contributed by atoms with van der Waals surface area (Å²) in [4.78, 5) is 18.5. The summed E-state index contributed by atoms with van der Waals surface area (Å²) in [6.45, 7) is 2.66. The molecule has 0 aliphatic rings. The molecular formula is C28H23FN2OS. The van der Waals surface area contributed by atoms with Gasteiger partial charge in [0.1, 0.15) is 10.7 Å². The van der Waals surface area contributed by atoms with Gasteiger partial charge in [0, 0.05) is 33.8 Å². The van der Waals surface area contributed by atoms with Crippen LogP contribution in [0, 0.1) is 5.82 Å². The van der Waals surface area contributed by atoms with Crippen molar-refractivity contribution in [3.05, 3.63) is 101 Å². The van der Waals surface area contributed by atoms with Crippen LogP contribution in [-0.4, -0.2) is 17.4 Å². The predicted molar refractivity (Wildman–Crippen MR) is 134 cm³/mol. The fourth-order valence-corrected chi connectivity index (χ4v) is 5.34. The minimum absolute atomic E-state index is 0.119. The molecule has 164 valence electrons. The number of hydrogen-bond donors (Lipinski definition) is 1. The van der Waals surface area contributed by atoms with E-state index in [1.165, 1.54) is 34.6 Å². The molecule has 2 aromatic heterocycles. The molecular weight excluding hydrogens is 431 g/mol. The van der Waals surface area contributed by atoms with Crippen LogP contribution >= 0.6 is 11.3 Å². The molecule has 0 bridgehead atoms. The highest BCUT2D eigenvalue weighted by atomic mass is 32.1. The summed E-state index contributed by atoms with van der Waals surface area (Å²) in [5.41, 5.74) is 4.94. The Morgan fingerprint density at radius 2 is 1.76 bits per heavy atom. The van der Waals surface area contributed by atoms with E-state index in [1.807, 2.05) is 18.2 Å². The molecule has 0 spiro atoms. The summed E-state index contributed by atoms with van der Waals surface area (Å²) in [5.74, 6) is -0.431. The van der Waals surface area contributed by atoms with Crippen molar-refractivity contribution < 1.29 is 9.18 Å². The Morgan fingerprint density at radius 1 is 0.970 bits per heavy atom. The van der Waals surface area contributed by atoms with Crippen LogP contribution in [0.3, 0.4) is 0 Å². The molecule has 33 heavy (non-hydrogen) atoms. The number of hydrogen-bond acceptors (Lipinski definition) is 3. The van der Waals surface area contributed by atoms with E-state index in [4.69, 9.17) is 0 Å². The van der Waals surface area contributed by atoms with Gasteiger partial charge in [0.05, 0.1) is 5.52 Å². The molecule has 0 atom stereocenters. The number of rotatable bonds is 6. The Hall–Kier alpha value is -3.57. The highest BCUT2D eigenvalue weighted by Crippen LogP contribution is 2.41. The number of nitrogens with zero attached hydrogens (tertiary/aromatic N) is 1. The monoisotopic (exact) mass is 454 g/mol. The molecule has 0 fully saturated rings. The summed E-state index contributed by atoms with van der Waals surface area (Å²) >= 11 is 1.40. The second kappa shape index (κ2) is 9.12. The summed E-state index contributed by atoms with van der Waals surface area (Å²) in [7, 11) is 0. The Labute approximate surface area is 195 Å². The normalized spacial score (nSPS) is 11.2. The molecule has 5 heteroatoms. The first-order chi connectivity index (χ1) is 16.1. The van der Waals surface area contributed by atoms with E-state index < -0.39 is 0 Å². The maximum atomic E-state index is 14.1. The van der Waals surface area contributed by atoms with Crippen LogP contribution in [-0.2, 0) is 12.8 Å². The number of amides is 1. The Kier molecular flexibility index (Phi) is 5.88. The average molecular weight is 455 g/mol. The lowest BCUT2D eigenvalue weighted by Crippen LogP contribution is -2.25. The maximum absolute atomic E-state index is 14.1. The van der Waals surface area contributed by atoms with Gasteiger partial charge in [0.15, 0.2) is 0 Å². The van der Waals surface area contributed by atoms with E-state index in [0.717, 1.165) is 39.4 Å². The Bertz CT molecular complexity index is 1440. The van der Waals surface area contributed by atoms with Crippen LogP contribution < -0.4 is 5.32 Å². The van der Waals surface area contributed by atoms with Gasteiger partial charge in [-0.2, -0.15) is 0 Å². The Balaban J connectivity index is 1.58. The molecule has 2 heterocycles. The molecule has 1 amide bonds. The average Bonchev–Trinajstić information content (AvgIpc) is 3.25. The SMILES string of the molecule is CCc1ccc(-c2c(C(=O)NCCc3ccccc3)sc3c2cnc2ccc(F)cc23)cc1. The zero-order valence-corrected chi connectivity index (χ0v) is 19.1. The van der Waals surface area contributed by atoms with Crippen LogP contribution in [0.25, 0.3) is 32.1 Å². The number of carbonyl (C=O) groups is 1. The topological polar surface area (TPSA) is 42.0 Å². The van der Waals surface area contributed by atoms with Crippen LogP contribution in [0.4, 0.5) is 4.39 Å². The zero-order chi connectivity index (χ0) is 22.8. The third kappa shape index (κ3) is 4.24. The number of halogens is 1. The van der Waals surface area contributed by atoms with E-state index in [0.29, 0.717) is 16.9 Å². The van der Waals surface area contributed by atoms with Crippen LogP contribution in [0.5, 0.6) is 0 Å². The number of aromatic nitrogens is 1. The molecule has 3 nitrogen and oxygen atoms in total. The minimum atomic E-state index is -0.312. The first-order valence-corrected chi connectivity index (χ1v) is 11.9. The van der Waals surface area contributed by atoms with E-state index >= 15 is 0 Å². The predicted octanol–water partition coefficient (Wildman–Crippen LogP) is 6.79. The molecule has 0 unspecified atom stereocenters. The highest BCUT2D eigenvalue weighted by Gasteiger charge is 2.21. The summed E-state index contributed by atoms with van der Waals surface area (Å²) in [5, 5.41) is 4.68. The number of aryl methyl sites for hydroxylation is 1. The van der Waals surface area contributed by atoms with Gasteiger partial charge in [-0.05, 0) is 47.7 Å². The summed E-state index contributed by atoms with van der Waals surface area (Å²) in [6, 6.07) is 23.0. The standard InChI is InChI=1S/C28H23FN2OS/c1-2-18-8-10-20(11-9-18)25-23-17-31-24-13-12-21(29)16-22(24)26(23)33-27(25)28(32)30-15-14-19-6-4-3-5-7-19/h3-13,16-17H,2,14-15H2,1H3,(H,30,32). The van der Waals surface area contributed by atoms with Gasteiger partial charge in [0.25, 0.3) is 5.91 Å². The van der Waals surface area contributed by atoms with Crippen molar-refractivity contribution in [3.8, 4) is 11.1 Å². The summed E-state index contributed by atoms with van der Waals surface area (Å²) in [6.07, 6.45) is 3.51. The third-order valence-corrected chi connectivity index (χ3v) is 7.12. The van der Waals surface area contributed by atoms with E-state index in [1.54, 1.807) is 12.3 Å². The fourth-order valence-electron chi connectivity index (χ4n) is 4.10. The fraction of sp³-hybridized carbons (Fsp3) is 0.143. The van der Waals surface area contributed by atoms with Crippen molar-refractivity contribution in [2.45, 2.75) is 19.8 Å². The number of fused-ring (bicyclic) bond motifs is 3. The van der Waals surface area contributed by atoms with Crippen molar-refractivity contribution in [1.82, 2.24) is 10.3 Å². The second-order valence-corrected chi connectivity index (χ2v) is 9.03. The number of pyridine rings is 1. The van der Waals surface area contributed by atoms with Gasteiger partial charge >= 0.3 is 0 Å². The van der Waals surface area contributed by atoms with Crippen molar-refractivity contribution in [1.29, 1.82) is 0 Å². The smallest absolute Gasteiger partial charge is 0.262 e. The number of thiophene rings is 1. The zero-order valence-electron chi connectivity index (χ0n) is 18.3. The van der Waals surface area contributed by atoms with Crippen molar-refractivity contribution in [2.24, 2.45) is 0 Å². The van der Waals surface area contributed by atoms with Gasteiger partial charge < -0.3 is 5.32 Å². The molecule has 0 saturated heterocycles. The number of carbonyl (C=O) groups excluding carboxylic acids is 1. The van der Waals surface area contributed by atoms with E-state index in [9.17, 15) is 9.18 Å².